The predicted molar refractivity (Wildman–Crippen MR) is 90.5 cm³/mol. The monoisotopic (exact) mass is 322 g/mol. The van der Waals surface area contributed by atoms with Crippen LogP contribution in [0.5, 0.6) is 5.75 Å². The number of hydrogen-bond acceptors (Lipinski definition) is 4. The minimum atomic E-state index is -0.0286. The second-order valence-electron chi connectivity index (χ2n) is 5.37. The van der Waals surface area contributed by atoms with E-state index in [1.165, 1.54) is 0 Å². The van der Waals surface area contributed by atoms with Gasteiger partial charge in [-0.2, -0.15) is 0 Å². The van der Waals surface area contributed by atoms with Crippen LogP contribution in [0, 0.1) is 0 Å². The maximum absolute atomic E-state index is 12.0. The number of furan rings is 1. The number of nitrogens with one attached hydrogen (secondary N) is 1. The average Bonchev–Trinajstić information content (AvgIpc) is 3.16. The van der Waals surface area contributed by atoms with Crippen molar-refractivity contribution in [3.8, 4) is 17.0 Å². The molecule has 3 aromatic rings. The number of pyridine rings is 1. The van der Waals surface area contributed by atoms with E-state index in [-0.39, 0.29) is 5.91 Å². The van der Waals surface area contributed by atoms with Crippen molar-refractivity contribution in [2.45, 2.75) is 13.0 Å². The maximum atomic E-state index is 12.0. The van der Waals surface area contributed by atoms with Gasteiger partial charge in [0.1, 0.15) is 5.75 Å². The summed E-state index contributed by atoms with van der Waals surface area (Å²) in [4.78, 5) is 16.4. The SMILES string of the molecule is COc1ccc(CC(=O)NCc2ccc(-c3ccoc3)nc2)cc1. The number of methoxy groups -OCH3 is 1. The quantitative estimate of drug-likeness (QED) is 0.757. The Labute approximate surface area is 140 Å². The smallest absolute Gasteiger partial charge is 0.224 e. The van der Waals surface area contributed by atoms with Gasteiger partial charge in [-0.25, -0.2) is 0 Å². The lowest BCUT2D eigenvalue weighted by atomic mass is 10.1. The molecule has 5 heteroatoms. The summed E-state index contributed by atoms with van der Waals surface area (Å²) < 4.78 is 10.1. The number of ether oxygens (including phenoxy) is 1. The molecule has 1 aromatic carbocycles. The molecular weight excluding hydrogens is 304 g/mol. The molecular formula is C19H18N2O3. The Morgan fingerprint density at radius 2 is 1.92 bits per heavy atom. The molecule has 24 heavy (non-hydrogen) atoms. The highest BCUT2D eigenvalue weighted by Gasteiger charge is 2.05. The normalized spacial score (nSPS) is 10.4. The first kappa shape index (κ1) is 15.8. The Morgan fingerprint density at radius 1 is 1.12 bits per heavy atom. The van der Waals surface area contributed by atoms with E-state index in [0.29, 0.717) is 13.0 Å². The van der Waals surface area contributed by atoms with E-state index in [4.69, 9.17) is 9.15 Å². The highest BCUT2D eigenvalue weighted by molar-refractivity contribution is 5.78. The maximum Gasteiger partial charge on any atom is 0.224 e. The third-order valence-corrected chi connectivity index (χ3v) is 3.66. The summed E-state index contributed by atoms with van der Waals surface area (Å²) >= 11 is 0. The molecule has 0 aliphatic rings. The van der Waals surface area contributed by atoms with E-state index < -0.39 is 0 Å². The first-order valence-electron chi connectivity index (χ1n) is 7.62. The number of carbonyl (C=O) groups excluding carboxylic acids is 1. The molecule has 0 fully saturated rings. The Morgan fingerprint density at radius 3 is 2.54 bits per heavy atom. The van der Waals surface area contributed by atoms with E-state index in [1.807, 2.05) is 42.5 Å². The minimum Gasteiger partial charge on any atom is -0.497 e. The molecule has 1 N–H and O–H groups in total. The molecule has 0 unspecified atom stereocenters. The highest BCUT2D eigenvalue weighted by atomic mass is 16.5. The summed E-state index contributed by atoms with van der Waals surface area (Å²) in [7, 11) is 1.62. The van der Waals surface area contributed by atoms with Gasteiger partial charge in [0.2, 0.25) is 5.91 Å². The van der Waals surface area contributed by atoms with Crippen molar-refractivity contribution in [1.82, 2.24) is 10.3 Å². The first-order chi connectivity index (χ1) is 11.7. The van der Waals surface area contributed by atoms with E-state index in [1.54, 1.807) is 25.8 Å². The van der Waals surface area contributed by atoms with Crippen LogP contribution >= 0.6 is 0 Å². The molecule has 1 amide bonds. The number of aromatic nitrogens is 1. The Kier molecular flexibility index (Phi) is 4.91. The van der Waals surface area contributed by atoms with Crippen molar-refractivity contribution >= 4 is 5.91 Å². The van der Waals surface area contributed by atoms with Gasteiger partial charge in [-0.1, -0.05) is 18.2 Å². The van der Waals surface area contributed by atoms with Gasteiger partial charge in [0.25, 0.3) is 0 Å². The zero-order valence-corrected chi connectivity index (χ0v) is 13.4. The number of amides is 1. The van der Waals surface area contributed by atoms with Crippen LogP contribution in [-0.2, 0) is 17.8 Å². The second kappa shape index (κ2) is 7.46. The topological polar surface area (TPSA) is 64.4 Å². The average molecular weight is 322 g/mol. The van der Waals surface area contributed by atoms with E-state index in [2.05, 4.69) is 10.3 Å². The van der Waals surface area contributed by atoms with Crippen LogP contribution in [0.1, 0.15) is 11.1 Å². The van der Waals surface area contributed by atoms with Gasteiger partial charge in [-0.3, -0.25) is 9.78 Å². The van der Waals surface area contributed by atoms with E-state index >= 15 is 0 Å². The summed E-state index contributed by atoms with van der Waals surface area (Å²) in [5.74, 6) is 0.752. The van der Waals surface area contributed by atoms with Crippen molar-refractivity contribution in [2.75, 3.05) is 7.11 Å². The van der Waals surface area contributed by atoms with Crippen LogP contribution < -0.4 is 10.1 Å². The molecule has 0 aliphatic heterocycles. The second-order valence-corrected chi connectivity index (χ2v) is 5.37. The molecule has 122 valence electrons. The van der Waals surface area contributed by atoms with Crippen molar-refractivity contribution in [1.29, 1.82) is 0 Å². The fourth-order valence-corrected chi connectivity index (χ4v) is 2.30. The van der Waals surface area contributed by atoms with Crippen LogP contribution in [0.15, 0.2) is 65.6 Å². The third-order valence-electron chi connectivity index (χ3n) is 3.66. The number of carbonyl (C=O) groups is 1. The Bertz CT molecular complexity index is 778. The van der Waals surface area contributed by atoms with Crippen molar-refractivity contribution in [2.24, 2.45) is 0 Å². The standard InChI is InChI=1S/C19H18N2O3/c1-23-17-5-2-14(3-6-17)10-19(22)21-12-15-4-7-18(20-11-15)16-8-9-24-13-16/h2-9,11,13H,10,12H2,1H3,(H,21,22). The van der Waals surface area contributed by atoms with Crippen molar-refractivity contribution in [3.05, 3.63) is 72.3 Å². The first-order valence-corrected chi connectivity index (χ1v) is 7.62. The molecule has 0 saturated heterocycles. The van der Waals surface area contributed by atoms with Crippen molar-refractivity contribution in [3.63, 3.8) is 0 Å². The molecule has 3 rings (SSSR count). The van der Waals surface area contributed by atoms with Crippen LogP contribution in [0.25, 0.3) is 11.3 Å². The highest BCUT2D eigenvalue weighted by Crippen LogP contribution is 2.17. The Hall–Kier alpha value is -3.08. The van der Waals surface area contributed by atoms with Gasteiger partial charge in [0.05, 0.1) is 31.8 Å². The van der Waals surface area contributed by atoms with Gasteiger partial charge in [-0.15, -0.1) is 0 Å². The molecule has 0 bridgehead atoms. The zero-order chi connectivity index (χ0) is 16.8. The summed E-state index contributed by atoms with van der Waals surface area (Å²) in [6, 6.07) is 13.2. The number of benzene rings is 1. The molecule has 0 atom stereocenters. The fourth-order valence-electron chi connectivity index (χ4n) is 2.30. The summed E-state index contributed by atoms with van der Waals surface area (Å²) in [6.45, 7) is 0.452. The largest absolute Gasteiger partial charge is 0.497 e. The summed E-state index contributed by atoms with van der Waals surface area (Å²) in [5.41, 5.74) is 3.68. The molecule has 0 radical (unpaired) electrons. The van der Waals surface area contributed by atoms with Gasteiger partial charge in [0.15, 0.2) is 0 Å². The predicted octanol–water partition coefficient (Wildman–Crippen LogP) is 3.21. The van der Waals surface area contributed by atoms with Gasteiger partial charge >= 0.3 is 0 Å². The van der Waals surface area contributed by atoms with Gasteiger partial charge in [-0.05, 0) is 35.4 Å². The molecule has 2 aromatic heterocycles. The lowest BCUT2D eigenvalue weighted by Gasteiger charge is -2.07. The molecule has 5 nitrogen and oxygen atoms in total. The van der Waals surface area contributed by atoms with E-state index in [0.717, 1.165) is 28.1 Å². The number of nitrogens with zero attached hydrogens (tertiary/aromatic N) is 1. The van der Waals surface area contributed by atoms with Crippen LogP contribution in [0.2, 0.25) is 0 Å². The van der Waals surface area contributed by atoms with Gasteiger partial charge in [0, 0.05) is 18.3 Å². The lowest BCUT2D eigenvalue weighted by Crippen LogP contribution is -2.24. The van der Waals surface area contributed by atoms with Crippen LogP contribution in [-0.4, -0.2) is 18.0 Å². The van der Waals surface area contributed by atoms with Gasteiger partial charge < -0.3 is 14.5 Å². The number of rotatable bonds is 6. The van der Waals surface area contributed by atoms with Crippen LogP contribution in [0.3, 0.4) is 0 Å². The van der Waals surface area contributed by atoms with Crippen molar-refractivity contribution < 1.29 is 13.9 Å². The summed E-state index contributed by atoms with van der Waals surface area (Å²) in [6.07, 6.45) is 5.36. The zero-order valence-electron chi connectivity index (χ0n) is 13.4. The third kappa shape index (κ3) is 4.01. The number of hydrogen-bond donors (Lipinski definition) is 1. The molecule has 2 heterocycles. The summed E-state index contributed by atoms with van der Waals surface area (Å²) in [5, 5.41) is 2.90. The molecule has 0 aliphatic carbocycles. The van der Waals surface area contributed by atoms with Crippen LogP contribution in [0.4, 0.5) is 0 Å². The fraction of sp³-hybridized carbons (Fsp3) is 0.158. The lowest BCUT2D eigenvalue weighted by molar-refractivity contribution is -0.120. The Balaban J connectivity index is 1.52. The molecule has 0 spiro atoms. The van der Waals surface area contributed by atoms with E-state index in [9.17, 15) is 4.79 Å². The minimum absolute atomic E-state index is 0.0286. The molecule has 0 saturated carbocycles.